The molecule has 2 atom stereocenters. The third-order valence-corrected chi connectivity index (χ3v) is 1.63. The Hall–Kier alpha value is -0.650. The third-order valence-electron chi connectivity index (χ3n) is 1.63. The smallest absolute Gasteiger partial charge is 0.260 e. The number of aliphatic hydroxyl groups excluding tert-OH is 1. The molecule has 1 amide bonds. The molecule has 1 rings (SSSR count). The van der Waals surface area contributed by atoms with E-state index in [1.807, 2.05) is 0 Å². The molecule has 64 valence electrons. The van der Waals surface area contributed by atoms with Crippen molar-refractivity contribution in [1.82, 2.24) is 10.8 Å². The predicted molar refractivity (Wildman–Crippen MR) is 37.6 cm³/mol. The number of carbonyl (C=O) groups excluding carboxylic acids is 1. The molecule has 0 aromatic rings. The summed E-state index contributed by atoms with van der Waals surface area (Å²) in [6.07, 6.45) is 0.0393. The van der Waals surface area contributed by atoms with Gasteiger partial charge >= 0.3 is 0 Å². The van der Waals surface area contributed by atoms with Crippen molar-refractivity contribution in [1.29, 1.82) is 0 Å². The molecule has 11 heavy (non-hydrogen) atoms. The minimum atomic E-state index is -0.414. The molecule has 3 N–H and O–H groups in total. The van der Waals surface area contributed by atoms with Crippen LogP contribution >= 0.6 is 0 Å². The first-order valence-electron chi connectivity index (χ1n) is 3.48. The Morgan fingerprint density at radius 3 is 3.00 bits per heavy atom. The Bertz CT molecular complexity index is 151. The van der Waals surface area contributed by atoms with Gasteiger partial charge in [-0.3, -0.25) is 9.63 Å². The highest BCUT2D eigenvalue weighted by Gasteiger charge is 2.27. The van der Waals surface area contributed by atoms with Crippen LogP contribution in [-0.4, -0.2) is 36.8 Å². The zero-order valence-corrected chi connectivity index (χ0v) is 6.33. The maximum Gasteiger partial charge on any atom is 0.260 e. The zero-order valence-electron chi connectivity index (χ0n) is 6.33. The molecule has 1 aliphatic rings. The molecule has 1 saturated heterocycles. The van der Waals surface area contributed by atoms with Gasteiger partial charge in [-0.1, -0.05) is 0 Å². The summed E-state index contributed by atoms with van der Waals surface area (Å²) in [6.45, 7) is 0.474. The van der Waals surface area contributed by atoms with Crippen LogP contribution in [0.3, 0.4) is 0 Å². The average Bonchev–Trinajstić information content (AvgIpc) is 2.36. The number of hydrogen-bond donors (Lipinski definition) is 3. The van der Waals surface area contributed by atoms with Gasteiger partial charge in [-0.15, -0.1) is 0 Å². The standard InChI is InChI=1S/C6H12N2O3/c1-11-8-6(10)5-2-4(9)3-7-5/h4-5,7,9H,2-3H2,1H3,(H,8,10)/t4-,5+/m0/s1. The number of hydrogen-bond acceptors (Lipinski definition) is 4. The van der Waals surface area contributed by atoms with E-state index in [1.165, 1.54) is 7.11 Å². The molecule has 0 aromatic heterocycles. The molecule has 0 aromatic carbocycles. The van der Waals surface area contributed by atoms with Gasteiger partial charge in [0.15, 0.2) is 0 Å². The molecule has 0 radical (unpaired) electrons. The molecule has 1 heterocycles. The number of amides is 1. The summed E-state index contributed by atoms with van der Waals surface area (Å²) in [6, 6.07) is -0.315. The Kier molecular flexibility index (Phi) is 2.81. The van der Waals surface area contributed by atoms with Gasteiger partial charge in [0.1, 0.15) is 0 Å². The van der Waals surface area contributed by atoms with E-state index in [1.54, 1.807) is 0 Å². The van der Waals surface area contributed by atoms with Gasteiger partial charge in [0.25, 0.3) is 5.91 Å². The quantitative estimate of drug-likeness (QED) is 0.425. The number of rotatable bonds is 2. The molecule has 0 saturated carbocycles. The SMILES string of the molecule is CONC(=O)[C@H]1C[C@H](O)CN1. The maximum absolute atomic E-state index is 11.0. The lowest BCUT2D eigenvalue weighted by Gasteiger charge is -2.07. The lowest BCUT2D eigenvalue weighted by Crippen LogP contribution is -2.39. The van der Waals surface area contributed by atoms with Gasteiger partial charge in [0.05, 0.1) is 19.3 Å². The highest BCUT2D eigenvalue weighted by atomic mass is 16.6. The van der Waals surface area contributed by atoms with Crippen molar-refractivity contribution in [2.24, 2.45) is 0 Å². The van der Waals surface area contributed by atoms with Crippen molar-refractivity contribution in [2.45, 2.75) is 18.6 Å². The van der Waals surface area contributed by atoms with Gasteiger partial charge < -0.3 is 10.4 Å². The molecule has 0 unspecified atom stereocenters. The molecule has 0 aliphatic carbocycles. The van der Waals surface area contributed by atoms with Crippen molar-refractivity contribution < 1.29 is 14.7 Å². The van der Waals surface area contributed by atoms with Crippen LogP contribution in [0.5, 0.6) is 0 Å². The minimum absolute atomic E-state index is 0.232. The number of β-amino-alcohol motifs (C(OH)–C–C–N with tert-alkyl or cyclic N) is 1. The molecule has 0 bridgehead atoms. The van der Waals surface area contributed by atoms with Crippen LogP contribution in [0.2, 0.25) is 0 Å². The van der Waals surface area contributed by atoms with Crippen LogP contribution in [0.25, 0.3) is 0 Å². The fourth-order valence-corrected chi connectivity index (χ4v) is 1.09. The Morgan fingerprint density at radius 1 is 1.82 bits per heavy atom. The topological polar surface area (TPSA) is 70.6 Å². The van der Waals surface area contributed by atoms with Gasteiger partial charge in [0, 0.05) is 6.54 Å². The van der Waals surface area contributed by atoms with Gasteiger partial charge in [0.2, 0.25) is 0 Å². The molecule has 0 spiro atoms. The Labute approximate surface area is 64.7 Å². The molecular formula is C6H12N2O3. The molecular weight excluding hydrogens is 148 g/mol. The minimum Gasteiger partial charge on any atom is -0.392 e. The van der Waals surface area contributed by atoms with E-state index in [-0.39, 0.29) is 11.9 Å². The lowest BCUT2D eigenvalue weighted by atomic mass is 10.2. The average molecular weight is 160 g/mol. The molecule has 5 heteroatoms. The van der Waals surface area contributed by atoms with Crippen LogP contribution < -0.4 is 10.8 Å². The maximum atomic E-state index is 11.0. The monoisotopic (exact) mass is 160 g/mol. The summed E-state index contributed by atoms with van der Waals surface area (Å²) in [4.78, 5) is 15.4. The fraction of sp³-hybridized carbons (Fsp3) is 0.833. The normalized spacial score (nSPS) is 30.4. The van der Waals surface area contributed by atoms with Gasteiger partial charge in [-0.05, 0) is 6.42 Å². The second kappa shape index (κ2) is 3.66. The molecule has 5 nitrogen and oxygen atoms in total. The van der Waals surface area contributed by atoms with Crippen molar-refractivity contribution in [3.05, 3.63) is 0 Å². The van der Waals surface area contributed by atoms with Crippen LogP contribution in [-0.2, 0) is 9.63 Å². The van der Waals surface area contributed by atoms with E-state index < -0.39 is 6.10 Å². The van der Waals surface area contributed by atoms with E-state index in [0.717, 1.165) is 0 Å². The summed E-state index contributed by atoms with van der Waals surface area (Å²) in [5, 5.41) is 11.9. The second-order valence-electron chi connectivity index (χ2n) is 2.52. The van der Waals surface area contributed by atoms with Crippen molar-refractivity contribution in [3.8, 4) is 0 Å². The second-order valence-corrected chi connectivity index (χ2v) is 2.52. The number of nitrogens with one attached hydrogen (secondary N) is 2. The highest BCUT2D eigenvalue weighted by molar-refractivity contribution is 5.81. The summed E-state index contributed by atoms with van der Waals surface area (Å²) < 4.78 is 0. The van der Waals surface area contributed by atoms with Crippen molar-refractivity contribution >= 4 is 5.91 Å². The zero-order chi connectivity index (χ0) is 8.27. The van der Waals surface area contributed by atoms with E-state index in [4.69, 9.17) is 5.11 Å². The largest absolute Gasteiger partial charge is 0.392 e. The van der Waals surface area contributed by atoms with Crippen LogP contribution in [0.15, 0.2) is 0 Å². The van der Waals surface area contributed by atoms with Crippen molar-refractivity contribution in [2.75, 3.05) is 13.7 Å². The first kappa shape index (κ1) is 8.45. The van der Waals surface area contributed by atoms with Gasteiger partial charge in [-0.2, -0.15) is 0 Å². The highest BCUT2D eigenvalue weighted by Crippen LogP contribution is 2.05. The first-order chi connectivity index (χ1) is 5.24. The van der Waals surface area contributed by atoms with Gasteiger partial charge in [-0.25, -0.2) is 5.48 Å². The summed E-state index contributed by atoms with van der Waals surface area (Å²) >= 11 is 0. The molecule has 1 aliphatic heterocycles. The van der Waals surface area contributed by atoms with Crippen LogP contribution in [0.4, 0.5) is 0 Å². The number of aliphatic hydroxyl groups is 1. The summed E-state index contributed by atoms with van der Waals surface area (Å²) in [7, 11) is 1.38. The third kappa shape index (κ3) is 2.14. The first-order valence-corrected chi connectivity index (χ1v) is 3.48. The van der Waals surface area contributed by atoms with E-state index >= 15 is 0 Å². The van der Waals surface area contributed by atoms with Crippen LogP contribution in [0.1, 0.15) is 6.42 Å². The van der Waals surface area contributed by atoms with E-state index in [0.29, 0.717) is 13.0 Å². The number of carbonyl (C=O) groups is 1. The number of hydroxylamine groups is 1. The van der Waals surface area contributed by atoms with Crippen LogP contribution in [0, 0.1) is 0 Å². The summed E-state index contributed by atoms with van der Waals surface area (Å²) in [5.41, 5.74) is 2.20. The lowest BCUT2D eigenvalue weighted by molar-refractivity contribution is -0.133. The Balaban J connectivity index is 2.31. The molecule has 1 fully saturated rings. The van der Waals surface area contributed by atoms with Crippen molar-refractivity contribution in [3.63, 3.8) is 0 Å². The fourth-order valence-electron chi connectivity index (χ4n) is 1.09. The Morgan fingerprint density at radius 2 is 2.55 bits per heavy atom. The van der Waals surface area contributed by atoms with E-state index in [9.17, 15) is 4.79 Å². The summed E-state index contributed by atoms with van der Waals surface area (Å²) in [5.74, 6) is -0.232. The van der Waals surface area contributed by atoms with E-state index in [2.05, 4.69) is 15.6 Å². The predicted octanol–water partition coefficient (Wildman–Crippen LogP) is -1.61.